The Balaban J connectivity index is 0.000000366. The number of H-pyrrole nitrogens is 1. The van der Waals surface area contributed by atoms with E-state index in [1.54, 1.807) is 7.11 Å². The number of nitrogens with zero attached hydrogens (tertiary/aromatic N) is 2. The highest BCUT2D eigenvalue weighted by Gasteiger charge is 2.44. The van der Waals surface area contributed by atoms with Crippen LogP contribution in [0.2, 0.25) is 0 Å². The highest BCUT2D eigenvalue weighted by atomic mass is 32.2. The lowest BCUT2D eigenvalue weighted by Crippen LogP contribution is -2.21. The fraction of sp³-hybridized carbons (Fsp3) is 0.333. The molecule has 3 aromatic rings. The van der Waals surface area contributed by atoms with Gasteiger partial charge in [-0.25, -0.2) is 0 Å². The zero-order valence-electron chi connectivity index (χ0n) is 17.0. The lowest BCUT2D eigenvalue weighted by atomic mass is 10.1. The second-order valence-electron chi connectivity index (χ2n) is 6.55. The van der Waals surface area contributed by atoms with Gasteiger partial charge in [-0.05, 0) is 44.4 Å². The van der Waals surface area contributed by atoms with Crippen molar-refractivity contribution in [3.8, 4) is 11.6 Å². The van der Waals surface area contributed by atoms with E-state index in [2.05, 4.69) is 20.5 Å². The third kappa shape index (κ3) is 6.72. The average Bonchev–Trinajstić information content (AvgIpc) is 3.04. The van der Waals surface area contributed by atoms with Crippen LogP contribution in [0.5, 0.6) is 11.6 Å². The molecule has 1 aromatic carbocycles. The van der Waals surface area contributed by atoms with Crippen molar-refractivity contribution in [2.45, 2.75) is 32.4 Å². The van der Waals surface area contributed by atoms with Crippen molar-refractivity contribution in [2.24, 2.45) is 0 Å². The van der Waals surface area contributed by atoms with Crippen LogP contribution in [-0.4, -0.2) is 46.9 Å². The van der Waals surface area contributed by atoms with Crippen LogP contribution in [0.1, 0.15) is 19.5 Å². The van der Waals surface area contributed by atoms with E-state index in [1.165, 1.54) is 0 Å². The Labute approximate surface area is 176 Å². The van der Waals surface area contributed by atoms with Gasteiger partial charge in [-0.3, -0.25) is 9.65 Å². The number of nitrogens with one attached hydrogen (secondary N) is 2. The quantitative estimate of drug-likeness (QED) is 0.380. The molecule has 9 nitrogen and oxygen atoms in total. The summed E-state index contributed by atoms with van der Waals surface area (Å²) in [6.07, 6.45) is 0.0276. The molecule has 13 heteroatoms. The third-order valence-corrected chi connectivity index (χ3v) is 4.19. The molecule has 0 amide bonds. The van der Waals surface area contributed by atoms with E-state index in [9.17, 15) is 13.2 Å². The molecule has 0 unspecified atom stereocenters. The summed E-state index contributed by atoms with van der Waals surface area (Å²) >= 11 is 0. The minimum Gasteiger partial charge on any atom is -0.497 e. The number of aryl methyl sites for hydroxylation is 1. The van der Waals surface area contributed by atoms with Crippen LogP contribution in [0.25, 0.3) is 10.8 Å². The minimum atomic E-state index is -5.84. The molecule has 3 rings (SSSR count). The molecule has 0 atom stereocenters. The lowest BCUT2D eigenvalue weighted by molar-refractivity contribution is -0.0510. The van der Waals surface area contributed by atoms with Crippen LogP contribution < -0.4 is 14.8 Å². The first-order valence-corrected chi connectivity index (χ1v) is 10.2. The zero-order chi connectivity index (χ0) is 23.4. The second-order valence-corrected chi connectivity index (χ2v) is 7.96. The molecule has 170 valence electrons. The first kappa shape index (κ1) is 24.2. The van der Waals surface area contributed by atoms with Crippen LogP contribution >= 0.6 is 0 Å². The van der Waals surface area contributed by atoms with Gasteiger partial charge in [-0.1, -0.05) is 6.07 Å². The molecular formula is C18H21F3N4O5S. The zero-order valence-corrected chi connectivity index (χ0v) is 17.8. The van der Waals surface area contributed by atoms with E-state index in [4.69, 9.17) is 22.4 Å². The number of hydrogen-bond acceptors (Lipinski definition) is 7. The summed E-state index contributed by atoms with van der Waals surface area (Å²) < 4.78 is 68.7. The number of alkyl halides is 3. The summed E-state index contributed by atoms with van der Waals surface area (Å²) in [7, 11) is -4.19. The molecule has 0 saturated carbocycles. The number of methoxy groups -OCH3 is 1. The Morgan fingerprint density at radius 1 is 1.16 bits per heavy atom. The maximum absolute atomic E-state index is 10.7. The summed E-state index contributed by atoms with van der Waals surface area (Å²) in [6.45, 7) is 5.90. The number of fused-ring (bicyclic) bond motifs is 1. The number of anilines is 2. The summed E-state index contributed by atoms with van der Waals surface area (Å²) in [4.78, 5) is 4.58. The predicted molar refractivity (Wildman–Crippen MR) is 108 cm³/mol. The number of rotatable bonds is 5. The fourth-order valence-electron chi connectivity index (χ4n) is 2.31. The average molecular weight is 462 g/mol. The number of ether oxygens (including phenoxy) is 2. The van der Waals surface area contributed by atoms with E-state index in [1.807, 2.05) is 51.1 Å². The van der Waals surface area contributed by atoms with Gasteiger partial charge in [0, 0.05) is 17.1 Å². The van der Waals surface area contributed by atoms with Crippen molar-refractivity contribution < 1.29 is 35.6 Å². The summed E-state index contributed by atoms with van der Waals surface area (Å²) in [6, 6.07) is 9.73. The molecule has 0 aliphatic heterocycles. The number of benzene rings is 1. The molecule has 0 bridgehead atoms. The highest BCUT2D eigenvalue weighted by Crippen LogP contribution is 2.31. The third-order valence-electron chi connectivity index (χ3n) is 3.61. The summed E-state index contributed by atoms with van der Waals surface area (Å²) in [5, 5.41) is 12.2. The molecule has 0 aliphatic carbocycles. The van der Waals surface area contributed by atoms with Crippen molar-refractivity contribution in [1.82, 2.24) is 15.2 Å². The van der Waals surface area contributed by atoms with E-state index in [-0.39, 0.29) is 6.10 Å². The second kappa shape index (κ2) is 9.39. The summed E-state index contributed by atoms with van der Waals surface area (Å²) in [5.41, 5.74) is -4.55. The van der Waals surface area contributed by atoms with Gasteiger partial charge in [0.05, 0.1) is 13.2 Å². The van der Waals surface area contributed by atoms with Crippen molar-refractivity contribution >= 4 is 32.5 Å². The van der Waals surface area contributed by atoms with Gasteiger partial charge in [-0.2, -0.15) is 31.7 Å². The topological polar surface area (TPSA) is 126 Å². The monoisotopic (exact) mass is 462 g/mol. The first-order chi connectivity index (χ1) is 14.3. The van der Waals surface area contributed by atoms with Crippen molar-refractivity contribution in [1.29, 1.82) is 0 Å². The predicted octanol–water partition coefficient (Wildman–Crippen LogP) is 4.20. The maximum Gasteiger partial charge on any atom is 0.522 e. The number of aromatic amines is 1. The molecule has 0 fully saturated rings. The Morgan fingerprint density at radius 2 is 1.81 bits per heavy atom. The molecule has 0 saturated heterocycles. The Morgan fingerprint density at radius 3 is 2.29 bits per heavy atom. The van der Waals surface area contributed by atoms with Crippen molar-refractivity contribution in [3.05, 3.63) is 36.0 Å². The number of aromatic nitrogens is 3. The van der Waals surface area contributed by atoms with E-state index in [0.29, 0.717) is 11.7 Å². The molecule has 2 aromatic heterocycles. The SMILES string of the molecule is COc1ccc2cc(Nc3cc(C)[nH]n3)nc(OC(C)C)c2c1.O=S(=O)(O)C(F)(F)F. The smallest absolute Gasteiger partial charge is 0.497 e. The fourth-order valence-corrected chi connectivity index (χ4v) is 2.31. The van der Waals surface area contributed by atoms with E-state index < -0.39 is 15.6 Å². The molecule has 31 heavy (non-hydrogen) atoms. The Hall–Kier alpha value is -3.06. The maximum atomic E-state index is 10.7. The molecule has 3 N–H and O–H groups in total. The number of hydrogen-bond donors (Lipinski definition) is 3. The van der Waals surface area contributed by atoms with Gasteiger partial charge >= 0.3 is 15.6 Å². The van der Waals surface area contributed by atoms with Gasteiger partial charge in [-0.15, -0.1) is 0 Å². The van der Waals surface area contributed by atoms with Gasteiger partial charge in [0.15, 0.2) is 5.82 Å². The van der Waals surface area contributed by atoms with Crippen LogP contribution in [0.15, 0.2) is 30.3 Å². The minimum absolute atomic E-state index is 0.0276. The van der Waals surface area contributed by atoms with E-state index in [0.717, 1.165) is 28.0 Å². The molecule has 0 aliphatic rings. The van der Waals surface area contributed by atoms with Crippen LogP contribution in [-0.2, 0) is 10.1 Å². The van der Waals surface area contributed by atoms with Crippen molar-refractivity contribution in [3.63, 3.8) is 0 Å². The molecular weight excluding hydrogens is 441 g/mol. The highest BCUT2D eigenvalue weighted by molar-refractivity contribution is 7.86. The lowest BCUT2D eigenvalue weighted by Gasteiger charge is -2.14. The van der Waals surface area contributed by atoms with Gasteiger partial charge in [0.25, 0.3) is 0 Å². The van der Waals surface area contributed by atoms with Gasteiger partial charge in [0.2, 0.25) is 5.88 Å². The molecule has 0 spiro atoms. The standard InChI is InChI=1S/C17H20N4O2.CHF3O3S/c1-10(2)23-17-14-9-13(22-4)6-5-12(14)8-15(19-17)18-16-7-11(3)20-21-16;2-1(3,4)8(5,6)7/h5-10H,1-4H3,(H2,18,19,20,21);(H,5,6,7). The van der Waals surface area contributed by atoms with E-state index >= 15 is 0 Å². The van der Waals surface area contributed by atoms with Crippen LogP contribution in [0.4, 0.5) is 24.8 Å². The van der Waals surface area contributed by atoms with Gasteiger partial charge < -0.3 is 14.8 Å². The van der Waals surface area contributed by atoms with Crippen molar-refractivity contribution in [2.75, 3.05) is 12.4 Å². The number of pyridine rings is 1. The van der Waals surface area contributed by atoms with Crippen LogP contribution in [0.3, 0.4) is 0 Å². The Bertz CT molecular complexity index is 1150. The normalized spacial score (nSPS) is 11.8. The Kier molecular flexibility index (Phi) is 7.33. The largest absolute Gasteiger partial charge is 0.522 e. The summed E-state index contributed by atoms with van der Waals surface area (Å²) in [5.74, 6) is 2.76. The first-order valence-electron chi connectivity index (χ1n) is 8.78. The molecule has 0 radical (unpaired) electrons. The number of halogens is 3. The van der Waals surface area contributed by atoms with Crippen LogP contribution in [0, 0.1) is 6.92 Å². The van der Waals surface area contributed by atoms with Gasteiger partial charge in [0.1, 0.15) is 11.6 Å². The molecule has 2 heterocycles.